The lowest BCUT2D eigenvalue weighted by molar-refractivity contribution is 0.391. The summed E-state index contributed by atoms with van der Waals surface area (Å²) in [7, 11) is 0. The SMILES string of the molecule is CCNC(=NCC(C)c1c(C)noc1C)N1CCCC1.I. The summed E-state index contributed by atoms with van der Waals surface area (Å²) < 4.78 is 5.25. The van der Waals surface area contributed by atoms with Gasteiger partial charge in [-0.1, -0.05) is 12.1 Å². The van der Waals surface area contributed by atoms with Gasteiger partial charge in [0.2, 0.25) is 0 Å². The minimum Gasteiger partial charge on any atom is -0.361 e. The van der Waals surface area contributed by atoms with Gasteiger partial charge in [-0.05, 0) is 33.6 Å². The maximum absolute atomic E-state index is 5.25. The molecule has 2 rings (SSSR count). The van der Waals surface area contributed by atoms with Crippen molar-refractivity contribution in [3.8, 4) is 0 Å². The van der Waals surface area contributed by atoms with Crippen molar-refractivity contribution >= 4 is 29.9 Å². The molecule has 0 aliphatic carbocycles. The highest BCUT2D eigenvalue weighted by Gasteiger charge is 2.18. The molecule has 0 saturated carbocycles. The van der Waals surface area contributed by atoms with Gasteiger partial charge in [-0.15, -0.1) is 24.0 Å². The minimum absolute atomic E-state index is 0. The van der Waals surface area contributed by atoms with Crippen LogP contribution < -0.4 is 5.32 Å². The van der Waals surface area contributed by atoms with E-state index in [1.54, 1.807) is 0 Å². The zero-order valence-electron chi connectivity index (χ0n) is 13.5. The lowest BCUT2D eigenvalue weighted by atomic mass is 10.00. The second kappa shape index (κ2) is 8.60. The molecule has 1 aromatic heterocycles. The first-order valence-corrected chi connectivity index (χ1v) is 7.59. The van der Waals surface area contributed by atoms with E-state index in [9.17, 15) is 0 Å². The summed E-state index contributed by atoms with van der Waals surface area (Å²) in [5.41, 5.74) is 2.18. The molecule has 1 fully saturated rings. The van der Waals surface area contributed by atoms with Gasteiger partial charge in [0.1, 0.15) is 5.76 Å². The number of hydrogen-bond donors (Lipinski definition) is 1. The minimum atomic E-state index is 0. The molecule has 21 heavy (non-hydrogen) atoms. The molecule has 0 aromatic carbocycles. The van der Waals surface area contributed by atoms with E-state index in [0.717, 1.165) is 43.6 Å². The fraction of sp³-hybridized carbons (Fsp3) is 0.733. The van der Waals surface area contributed by atoms with Crippen molar-refractivity contribution < 1.29 is 4.52 Å². The third-order valence-electron chi connectivity index (χ3n) is 3.84. The molecule has 120 valence electrons. The average Bonchev–Trinajstić information content (AvgIpc) is 3.05. The third-order valence-corrected chi connectivity index (χ3v) is 3.84. The van der Waals surface area contributed by atoms with Crippen LogP contribution in [0.3, 0.4) is 0 Å². The van der Waals surface area contributed by atoms with E-state index in [-0.39, 0.29) is 24.0 Å². The van der Waals surface area contributed by atoms with E-state index >= 15 is 0 Å². The fourth-order valence-electron chi connectivity index (χ4n) is 2.86. The Morgan fingerprint density at radius 2 is 2.05 bits per heavy atom. The second-order valence-electron chi connectivity index (χ2n) is 5.53. The van der Waals surface area contributed by atoms with Crippen LogP contribution >= 0.6 is 24.0 Å². The summed E-state index contributed by atoms with van der Waals surface area (Å²) in [6.45, 7) is 12.2. The number of guanidine groups is 1. The molecule has 1 saturated heterocycles. The topological polar surface area (TPSA) is 53.7 Å². The highest BCUT2D eigenvalue weighted by Crippen LogP contribution is 2.23. The zero-order chi connectivity index (χ0) is 14.5. The summed E-state index contributed by atoms with van der Waals surface area (Å²) in [5, 5.41) is 7.42. The van der Waals surface area contributed by atoms with Gasteiger partial charge in [-0.3, -0.25) is 4.99 Å². The molecule has 1 N–H and O–H groups in total. The van der Waals surface area contributed by atoms with Crippen LogP contribution in [0.5, 0.6) is 0 Å². The standard InChI is InChI=1S/C15H26N4O.HI/c1-5-16-15(19-8-6-7-9-19)17-10-11(2)14-12(3)18-20-13(14)4;/h11H,5-10H2,1-4H3,(H,16,17);1H. The lowest BCUT2D eigenvalue weighted by Crippen LogP contribution is -2.39. The van der Waals surface area contributed by atoms with Gasteiger partial charge in [0, 0.05) is 37.7 Å². The third kappa shape index (κ3) is 4.59. The molecular weight excluding hydrogens is 379 g/mol. The van der Waals surface area contributed by atoms with Crippen molar-refractivity contribution in [3.05, 3.63) is 17.0 Å². The van der Waals surface area contributed by atoms with Gasteiger partial charge >= 0.3 is 0 Å². The quantitative estimate of drug-likeness (QED) is 0.475. The molecule has 5 nitrogen and oxygen atoms in total. The largest absolute Gasteiger partial charge is 0.361 e. The monoisotopic (exact) mass is 406 g/mol. The van der Waals surface area contributed by atoms with Crippen LogP contribution in [0.2, 0.25) is 0 Å². The van der Waals surface area contributed by atoms with E-state index < -0.39 is 0 Å². The number of rotatable bonds is 4. The maximum Gasteiger partial charge on any atom is 0.193 e. The Morgan fingerprint density at radius 3 is 2.57 bits per heavy atom. The lowest BCUT2D eigenvalue weighted by Gasteiger charge is -2.21. The van der Waals surface area contributed by atoms with Crippen LogP contribution in [0.15, 0.2) is 9.52 Å². The highest BCUT2D eigenvalue weighted by molar-refractivity contribution is 14.0. The van der Waals surface area contributed by atoms with Crippen molar-refractivity contribution in [2.45, 2.75) is 46.5 Å². The maximum atomic E-state index is 5.25. The van der Waals surface area contributed by atoms with Crippen LogP contribution in [0.25, 0.3) is 0 Å². The van der Waals surface area contributed by atoms with E-state index in [2.05, 4.69) is 29.2 Å². The summed E-state index contributed by atoms with van der Waals surface area (Å²) in [6, 6.07) is 0. The first-order chi connectivity index (χ1) is 9.63. The number of likely N-dealkylation sites (tertiary alicyclic amines) is 1. The number of hydrogen-bond acceptors (Lipinski definition) is 3. The summed E-state index contributed by atoms with van der Waals surface area (Å²) in [4.78, 5) is 7.15. The van der Waals surface area contributed by atoms with Gasteiger partial charge in [0.15, 0.2) is 5.96 Å². The second-order valence-corrected chi connectivity index (χ2v) is 5.53. The Hall–Kier alpha value is -0.790. The molecule has 1 unspecified atom stereocenters. The number of aliphatic imine (C=N–C) groups is 1. The number of nitrogens with zero attached hydrogens (tertiary/aromatic N) is 3. The predicted molar refractivity (Wildman–Crippen MR) is 96.6 cm³/mol. The van der Waals surface area contributed by atoms with E-state index in [0.29, 0.717) is 5.92 Å². The number of aromatic nitrogens is 1. The molecule has 0 amide bonds. The fourth-order valence-corrected chi connectivity index (χ4v) is 2.86. The Balaban J connectivity index is 0.00000220. The van der Waals surface area contributed by atoms with Crippen LogP contribution in [-0.4, -0.2) is 42.2 Å². The van der Waals surface area contributed by atoms with Crippen molar-refractivity contribution in [1.29, 1.82) is 0 Å². The average molecular weight is 406 g/mol. The van der Waals surface area contributed by atoms with Gasteiger partial charge in [0.05, 0.1) is 5.69 Å². The van der Waals surface area contributed by atoms with E-state index in [1.165, 1.54) is 18.4 Å². The molecule has 1 aliphatic heterocycles. The molecule has 0 bridgehead atoms. The molecule has 2 heterocycles. The van der Waals surface area contributed by atoms with Crippen molar-refractivity contribution in [2.75, 3.05) is 26.2 Å². The van der Waals surface area contributed by atoms with Gasteiger partial charge in [-0.25, -0.2) is 0 Å². The van der Waals surface area contributed by atoms with Gasteiger partial charge < -0.3 is 14.7 Å². The first-order valence-electron chi connectivity index (χ1n) is 7.59. The highest BCUT2D eigenvalue weighted by atomic mass is 127. The number of nitrogens with one attached hydrogen (secondary N) is 1. The molecule has 0 radical (unpaired) electrons. The van der Waals surface area contributed by atoms with Crippen LogP contribution in [0.4, 0.5) is 0 Å². The van der Waals surface area contributed by atoms with Gasteiger partial charge in [-0.2, -0.15) is 0 Å². The molecule has 6 heteroatoms. The first kappa shape index (κ1) is 18.3. The summed E-state index contributed by atoms with van der Waals surface area (Å²) in [6.07, 6.45) is 2.54. The number of aryl methyl sites for hydroxylation is 2. The molecule has 1 aromatic rings. The van der Waals surface area contributed by atoms with Crippen molar-refractivity contribution in [1.82, 2.24) is 15.4 Å². The van der Waals surface area contributed by atoms with Crippen molar-refractivity contribution in [3.63, 3.8) is 0 Å². The Labute approximate surface area is 144 Å². The smallest absolute Gasteiger partial charge is 0.193 e. The Bertz CT molecular complexity index is 447. The molecule has 1 aliphatic rings. The van der Waals surface area contributed by atoms with E-state index in [4.69, 9.17) is 9.52 Å². The molecule has 1 atom stereocenters. The number of halogens is 1. The zero-order valence-corrected chi connectivity index (χ0v) is 15.8. The van der Waals surface area contributed by atoms with Crippen molar-refractivity contribution in [2.24, 2.45) is 4.99 Å². The molecular formula is C15H27IN4O. The summed E-state index contributed by atoms with van der Waals surface area (Å²) in [5.74, 6) is 2.29. The normalized spacial score (nSPS) is 16.8. The Morgan fingerprint density at radius 1 is 1.38 bits per heavy atom. The van der Waals surface area contributed by atoms with Crippen LogP contribution in [0.1, 0.15) is 49.6 Å². The van der Waals surface area contributed by atoms with Crippen LogP contribution in [0, 0.1) is 13.8 Å². The van der Waals surface area contributed by atoms with E-state index in [1.807, 2.05) is 13.8 Å². The predicted octanol–water partition coefficient (Wildman–Crippen LogP) is 3.07. The summed E-state index contributed by atoms with van der Waals surface area (Å²) >= 11 is 0. The Kier molecular flexibility index (Phi) is 7.48. The van der Waals surface area contributed by atoms with Gasteiger partial charge in [0.25, 0.3) is 0 Å². The molecule has 0 spiro atoms. The van der Waals surface area contributed by atoms with Crippen LogP contribution in [-0.2, 0) is 0 Å².